The molecule has 0 aromatic heterocycles. The number of carboxylic acid groups (broad SMARTS) is 1. The zero-order valence-corrected chi connectivity index (χ0v) is 16.8. The molecule has 0 saturated heterocycles. The predicted molar refractivity (Wildman–Crippen MR) is 103 cm³/mol. The van der Waals surface area contributed by atoms with Gasteiger partial charge in [0.25, 0.3) is 0 Å². The Balaban J connectivity index is 1.45. The first-order valence-electron chi connectivity index (χ1n) is 10.8. The summed E-state index contributed by atoms with van der Waals surface area (Å²) in [5.74, 6) is 1.34. The summed E-state index contributed by atoms with van der Waals surface area (Å²) in [6.45, 7) is 9.38. The van der Waals surface area contributed by atoms with Crippen LogP contribution in [0, 0.1) is 34.5 Å². The number of fused-ring (bicyclic) bond motifs is 5. The second-order valence-corrected chi connectivity index (χ2v) is 10.2. The Bertz CT molecular complexity index is 655. The lowest BCUT2D eigenvalue weighted by molar-refractivity contribution is -0.164. The van der Waals surface area contributed by atoms with Crippen LogP contribution < -0.4 is 0 Å². The zero-order valence-electron chi connectivity index (χ0n) is 16.8. The maximum absolute atomic E-state index is 11.8. The normalized spacial score (nSPS) is 46.1. The minimum absolute atomic E-state index is 0.0911. The van der Waals surface area contributed by atoms with Gasteiger partial charge in [-0.1, -0.05) is 26.0 Å². The van der Waals surface area contributed by atoms with Gasteiger partial charge in [0.2, 0.25) is 0 Å². The van der Waals surface area contributed by atoms with Gasteiger partial charge in [-0.2, -0.15) is 0 Å². The molecule has 4 aliphatic carbocycles. The first-order chi connectivity index (χ1) is 12.7. The molecule has 4 nitrogen and oxygen atoms in total. The molecule has 0 bridgehead atoms. The summed E-state index contributed by atoms with van der Waals surface area (Å²) in [7, 11) is 0. The molecule has 27 heavy (non-hydrogen) atoms. The molecule has 0 radical (unpaired) electrons. The van der Waals surface area contributed by atoms with Crippen molar-refractivity contribution in [3.05, 3.63) is 12.2 Å². The molecule has 4 saturated carbocycles. The smallest absolute Gasteiger partial charge is 0.317 e. The van der Waals surface area contributed by atoms with Crippen molar-refractivity contribution >= 4 is 11.9 Å². The summed E-state index contributed by atoms with van der Waals surface area (Å²) < 4.78 is 5.50. The number of carbonyl (C=O) groups excluding carboxylic acids is 1. The Hall–Kier alpha value is -1.32. The highest BCUT2D eigenvalue weighted by Crippen LogP contribution is 2.67. The van der Waals surface area contributed by atoms with E-state index in [0.717, 1.165) is 37.0 Å². The van der Waals surface area contributed by atoms with Gasteiger partial charge in [-0.15, -0.1) is 0 Å². The molecular formula is C23H34O4. The van der Waals surface area contributed by atoms with Gasteiger partial charge >= 0.3 is 11.9 Å². The van der Waals surface area contributed by atoms with Gasteiger partial charge in [-0.25, -0.2) is 0 Å². The Morgan fingerprint density at radius 1 is 1.11 bits per heavy atom. The maximum Gasteiger partial charge on any atom is 0.317 e. The maximum atomic E-state index is 11.8. The highest BCUT2D eigenvalue weighted by atomic mass is 16.5. The van der Waals surface area contributed by atoms with Crippen LogP contribution in [-0.2, 0) is 14.3 Å². The molecule has 0 unspecified atom stereocenters. The number of rotatable bonds is 3. The quantitative estimate of drug-likeness (QED) is 0.430. The monoisotopic (exact) mass is 374 g/mol. The van der Waals surface area contributed by atoms with Crippen LogP contribution in [0.3, 0.4) is 0 Å². The molecule has 1 N–H and O–H groups in total. The Morgan fingerprint density at radius 2 is 1.89 bits per heavy atom. The van der Waals surface area contributed by atoms with Crippen LogP contribution in [0.15, 0.2) is 12.2 Å². The van der Waals surface area contributed by atoms with Crippen molar-refractivity contribution in [2.75, 3.05) is 0 Å². The number of carboxylic acids is 1. The summed E-state index contributed by atoms with van der Waals surface area (Å²) in [6.07, 6.45) is 9.96. The molecule has 0 heterocycles. The molecule has 7 atom stereocenters. The number of ether oxygens (including phenoxy) is 1. The lowest BCUT2D eigenvalue weighted by atomic mass is 9.45. The van der Waals surface area contributed by atoms with Crippen molar-refractivity contribution in [1.82, 2.24) is 0 Å². The second-order valence-electron chi connectivity index (χ2n) is 10.2. The van der Waals surface area contributed by atoms with E-state index in [1.165, 1.54) is 44.1 Å². The number of hydrogen-bond donors (Lipinski definition) is 1. The van der Waals surface area contributed by atoms with Crippen molar-refractivity contribution in [1.29, 1.82) is 0 Å². The van der Waals surface area contributed by atoms with E-state index in [-0.39, 0.29) is 6.10 Å². The van der Waals surface area contributed by atoms with Crippen LogP contribution in [0.4, 0.5) is 0 Å². The Kier molecular flexibility index (Phi) is 4.67. The van der Waals surface area contributed by atoms with Crippen LogP contribution in [0.2, 0.25) is 0 Å². The highest BCUT2D eigenvalue weighted by molar-refractivity contribution is 5.90. The summed E-state index contributed by atoms with van der Waals surface area (Å²) in [6, 6.07) is 0. The predicted octanol–water partition coefficient (Wildman–Crippen LogP) is 4.97. The molecule has 4 fully saturated rings. The Labute approximate surface area is 162 Å². The fourth-order valence-corrected chi connectivity index (χ4v) is 7.58. The summed E-state index contributed by atoms with van der Waals surface area (Å²) in [5, 5.41) is 8.78. The molecular weight excluding hydrogens is 340 g/mol. The lowest BCUT2D eigenvalue weighted by Gasteiger charge is -2.60. The lowest BCUT2D eigenvalue weighted by Crippen LogP contribution is -2.53. The molecule has 0 spiro atoms. The van der Waals surface area contributed by atoms with Gasteiger partial charge in [0.1, 0.15) is 12.5 Å². The van der Waals surface area contributed by atoms with Crippen LogP contribution >= 0.6 is 0 Å². The molecule has 0 aliphatic heterocycles. The van der Waals surface area contributed by atoms with Gasteiger partial charge < -0.3 is 9.84 Å². The van der Waals surface area contributed by atoms with Crippen LogP contribution in [-0.4, -0.2) is 23.1 Å². The van der Waals surface area contributed by atoms with Gasteiger partial charge in [-0.05, 0) is 92.3 Å². The molecule has 0 amide bonds. The number of hydrogen-bond acceptors (Lipinski definition) is 3. The third-order valence-electron chi connectivity index (χ3n) is 9.17. The molecule has 0 aromatic rings. The number of carbonyl (C=O) groups is 2. The van der Waals surface area contributed by atoms with E-state index in [1.54, 1.807) is 0 Å². The third kappa shape index (κ3) is 3.03. The van der Waals surface area contributed by atoms with E-state index >= 15 is 0 Å². The fraction of sp³-hybridized carbons (Fsp3) is 0.826. The topological polar surface area (TPSA) is 63.6 Å². The molecule has 150 valence electrons. The number of aliphatic carboxylic acids is 1. The Morgan fingerprint density at radius 3 is 2.63 bits per heavy atom. The van der Waals surface area contributed by atoms with Crippen molar-refractivity contribution < 1.29 is 19.4 Å². The molecule has 4 heteroatoms. The average molecular weight is 375 g/mol. The zero-order chi connectivity index (χ0) is 19.4. The van der Waals surface area contributed by atoms with E-state index in [2.05, 4.69) is 20.4 Å². The van der Waals surface area contributed by atoms with E-state index in [1.807, 2.05) is 0 Å². The second kappa shape index (κ2) is 6.63. The summed E-state index contributed by atoms with van der Waals surface area (Å²) in [5.41, 5.74) is 2.21. The van der Waals surface area contributed by atoms with Gasteiger partial charge in [-0.3, -0.25) is 9.59 Å². The van der Waals surface area contributed by atoms with Gasteiger partial charge in [0, 0.05) is 0 Å². The van der Waals surface area contributed by atoms with E-state index in [9.17, 15) is 9.59 Å². The summed E-state index contributed by atoms with van der Waals surface area (Å²) >= 11 is 0. The number of allylic oxidation sites excluding steroid dienone is 1. The third-order valence-corrected chi connectivity index (χ3v) is 9.17. The van der Waals surface area contributed by atoms with Gasteiger partial charge in [0.15, 0.2) is 0 Å². The summed E-state index contributed by atoms with van der Waals surface area (Å²) in [4.78, 5) is 22.5. The van der Waals surface area contributed by atoms with E-state index < -0.39 is 18.4 Å². The molecule has 4 aliphatic rings. The van der Waals surface area contributed by atoms with Gasteiger partial charge in [0.05, 0.1) is 0 Å². The first-order valence-corrected chi connectivity index (χ1v) is 10.8. The minimum atomic E-state index is -1.11. The van der Waals surface area contributed by atoms with Crippen LogP contribution in [0.5, 0.6) is 0 Å². The van der Waals surface area contributed by atoms with Crippen LogP contribution in [0.25, 0.3) is 0 Å². The average Bonchev–Trinajstić information content (AvgIpc) is 2.90. The minimum Gasteiger partial charge on any atom is -0.481 e. The van der Waals surface area contributed by atoms with Crippen molar-refractivity contribution in [2.45, 2.75) is 84.2 Å². The van der Waals surface area contributed by atoms with Crippen molar-refractivity contribution in [3.8, 4) is 0 Å². The molecule has 0 aromatic carbocycles. The largest absolute Gasteiger partial charge is 0.481 e. The highest BCUT2D eigenvalue weighted by Gasteiger charge is 2.58. The van der Waals surface area contributed by atoms with Crippen molar-refractivity contribution in [3.63, 3.8) is 0 Å². The SMILES string of the molecule is C=C1CC[C@H]2[C@@H]3CC[C@@H]4C[C@H](OC(=O)CC(=O)O)CC[C@]4(C)[C@H]3CC[C@]12C. The first kappa shape index (κ1) is 19.0. The van der Waals surface area contributed by atoms with Crippen LogP contribution in [0.1, 0.15) is 78.1 Å². The number of esters is 1. The fourth-order valence-electron chi connectivity index (χ4n) is 7.58. The molecule has 4 rings (SSSR count). The van der Waals surface area contributed by atoms with E-state index in [0.29, 0.717) is 16.7 Å². The van der Waals surface area contributed by atoms with Crippen molar-refractivity contribution in [2.24, 2.45) is 34.5 Å². The van der Waals surface area contributed by atoms with E-state index in [4.69, 9.17) is 9.84 Å². The standard InChI is InChI=1S/C23H34O4/c1-14-4-7-18-17-6-5-15-12-16(27-21(26)13-20(24)25)8-10-23(15,3)19(17)9-11-22(14,18)2/h15-19H,1,4-13H2,2-3H3,(H,24,25)/t15-,16-,17+,18+,19+,22-,23+/m1/s1.